The lowest BCUT2D eigenvalue weighted by atomic mass is 10.1. The summed E-state index contributed by atoms with van der Waals surface area (Å²) in [5, 5.41) is 13.0. The molecule has 1 aromatic heterocycles. The molecule has 0 aliphatic heterocycles. The molecule has 0 fully saturated rings. The number of fused-ring (bicyclic) bond motifs is 1. The number of aliphatic hydroxyl groups is 1. The predicted molar refractivity (Wildman–Crippen MR) is 122 cm³/mol. The second kappa shape index (κ2) is 8.53. The third kappa shape index (κ3) is 4.19. The first-order valence-corrected chi connectivity index (χ1v) is 10.4. The Balaban J connectivity index is 1.77. The van der Waals surface area contributed by atoms with Crippen LogP contribution in [0.15, 0.2) is 57.6 Å². The fraction of sp³-hybridized carbons (Fsp3) is 0.261. The van der Waals surface area contributed by atoms with Crippen LogP contribution < -0.4 is 16.7 Å². The molecule has 160 valence electrons. The van der Waals surface area contributed by atoms with Crippen molar-refractivity contribution in [2.45, 2.75) is 33.4 Å². The SMILES string of the molecule is CC1=C(C)c2cc(Nc3nc(=O)n(CCO)c(=O)n3Cc3ccc(Cl)cc3)ccc2C1. The van der Waals surface area contributed by atoms with Crippen LogP contribution in [-0.2, 0) is 19.5 Å². The molecule has 0 radical (unpaired) electrons. The van der Waals surface area contributed by atoms with Crippen LogP contribution in [0.3, 0.4) is 0 Å². The first-order chi connectivity index (χ1) is 14.9. The summed E-state index contributed by atoms with van der Waals surface area (Å²) in [6.45, 7) is 3.96. The van der Waals surface area contributed by atoms with Crippen LogP contribution in [-0.4, -0.2) is 25.8 Å². The number of halogens is 1. The van der Waals surface area contributed by atoms with Gasteiger partial charge in [0.1, 0.15) is 0 Å². The Kier molecular flexibility index (Phi) is 5.80. The standard InChI is InChI=1S/C23H23ClN4O3/c1-14-11-17-5-8-19(12-20(17)15(14)2)25-21-26-22(30)27(9-10-29)23(31)28(21)13-16-3-6-18(24)7-4-16/h3-8,12,29H,9-11,13H2,1-2H3,(H,25,26,30). The average Bonchev–Trinajstić information content (AvgIpc) is 3.03. The van der Waals surface area contributed by atoms with E-state index in [1.807, 2.05) is 30.3 Å². The first kappa shape index (κ1) is 21.1. The number of nitrogens with one attached hydrogen (secondary N) is 1. The zero-order chi connectivity index (χ0) is 22.1. The summed E-state index contributed by atoms with van der Waals surface area (Å²) in [6, 6.07) is 13.1. The van der Waals surface area contributed by atoms with Crippen molar-refractivity contribution in [1.82, 2.24) is 14.1 Å². The Bertz CT molecular complexity index is 1290. The van der Waals surface area contributed by atoms with E-state index >= 15 is 0 Å². The molecule has 0 amide bonds. The van der Waals surface area contributed by atoms with E-state index in [0.29, 0.717) is 5.02 Å². The van der Waals surface area contributed by atoms with Gasteiger partial charge >= 0.3 is 11.4 Å². The molecule has 2 N–H and O–H groups in total. The summed E-state index contributed by atoms with van der Waals surface area (Å²) >= 11 is 5.97. The van der Waals surface area contributed by atoms with E-state index in [9.17, 15) is 14.7 Å². The zero-order valence-electron chi connectivity index (χ0n) is 17.4. The molecule has 31 heavy (non-hydrogen) atoms. The molecule has 3 aromatic rings. The lowest BCUT2D eigenvalue weighted by Crippen LogP contribution is -2.43. The fourth-order valence-electron chi connectivity index (χ4n) is 3.77. The highest BCUT2D eigenvalue weighted by molar-refractivity contribution is 6.30. The Hall–Kier alpha value is -3.16. The normalized spacial score (nSPS) is 12.9. The van der Waals surface area contributed by atoms with Crippen LogP contribution in [0, 0.1) is 0 Å². The fourth-order valence-corrected chi connectivity index (χ4v) is 3.89. The minimum atomic E-state index is -0.706. The van der Waals surface area contributed by atoms with Gasteiger partial charge in [-0.15, -0.1) is 0 Å². The van der Waals surface area contributed by atoms with Crippen LogP contribution in [0.25, 0.3) is 5.57 Å². The molecule has 1 aliphatic rings. The van der Waals surface area contributed by atoms with Gasteiger partial charge in [0.15, 0.2) is 0 Å². The third-order valence-corrected chi connectivity index (χ3v) is 5.85. The minimum absolute atomic E-state index is 0.117. The van der Waals surface area contributed by atoms with Crippen molar-refractivity contribution in [3.8, 4) is 0 Å². The first-order valence-electron chi connectivity index (χ1n) is 10.0. The number of anilines is 2. The molecule has 2 aromatic carbocycles. The van der Waals surface area contributed by atoms with Gasteiger partial charge in [0, 0.05) is 10.7 Å². The number of nitrogens with zero attached hydrogens (tertiary/aromatic N) is 3. The summed E-state index contributed by atoms with van der Waals surface area (Å²) in [5.74, 6) is 0.149. The number of rotatable bonds is 6. The highest BCUT2D eigenvalue weighted by Crippen LogP contribution is 2.34. The number of aliphatic hydroxyl groups excluding tert-OH is 1. The summed E-state index contributed by atoms with van der Waals surface area (Å²) in [6.07, 6.45) is 0.929. The van der Waals surface area contributed by atoms with Crippen LogP contribution in [0.5, 0.6) is 0 Å². The summed E-state index contributed by atoms with van der Waals surface area (Å²) in [7, 11) is 0. The van der Waals surface area contributed by atoms with Crippen molar-refractivity contribution in [3.63, 3.8) is 0 Å². The molecule has 0 unspecified atom stereocenters. The maximum Gasteiger partial charge on any atom is 0.355 e. The van der Waals surface area contributed by atoms with E-state index in [2.05, 4.69) is 24.1 Å². The maximum atomic E-state index is 13.0. The van der Waals surface area contributed by atoms with Crippen LogP contribution >= 0.6 is 11.6 Å². The Morgan fingerprint density at radius 3 is 2.55 bits per heavy atom. The molecule has 0 saturated heterocycles. The maximum absolute atomic E-state index is 13.0. The van der Waals surface area contributed by atoms with Crippen molar-refractivity contribution in [2.75, 3.05) is 11.9 Å². The van der Waals surface area contributed by atoms with E-state index in [4.69, 9.17) is 11.6 Å². The minimum Gasteiger partial charge on any atom is -0.395 e. The molecule has 0 bridgehead atoms. The molecule has 1 heterocycles. The van der Waals surface area contributed by atoms with Crippen LogP contribution in [0.2, 0.25) is 5.02 Å². The van der Waals surface area contributed by atoms with Gasteiger partial charge in [0.05, 0.1) is 19.7 Å². The van der Waals surface area contributed by atoms with E-state index < -0.39 is 11.4 Å². The number of benzene rings is 2. The van der Waals surface area contributed by atoms with Crippen LogP contribution in [0.1, 0.15) is 30.5 Å². The van der Waals surface area contributed by atoms with Gasteiger partial charge in [0.25, 0.3) is 0 Å². The van der Waals surface area contributed by atoms with E-state index in [-0.39, 0.29) is 25.6 Å². The van der Waals surface area contributed by atoms with Gasteiger partial charge in [-0.3, -0.25) is 4.57 Å². The van der Waals surface area contributed by atoms with Crippen LogP contribution in [0.4, 0.5) is 11.6 Å². The zero-order valence-corrected chi connectivity index (χ0v) is 18.1. The van der Waals surface area contributed by atoms with Crippen molar-refractivity contribution in [2.24, 2.45) is 0 Å². The smallest absolute Gasteiger partial charge is 0.355 e. The van der Waals surface area contributed by atoms with Gasteiger partial charge in [-0.05, 0) is 66.8 Å². The van der Waals surface area contributed by atoms with Gasteiger partial charge in [-0.2, -0.15) is 4.98 Å². The topological polar surface area (TPSA) is 89.2 Å². The Morgan fingerprint density at radius 2 is 1.84 bits per heavy atom. The Labute approximate surface area is 184 Å². The summed E-state index contributed by atoms with van der Waals surface area (Å²) in [5.41, 5.74) is 5.30. The molecule has 0 atom stereocenters. The van der Waals surface area contributed by atoms with E-state index in [1.54, 1.807) is 12.1 Å². The third-order valence-electron chi connectivity index (χ3n) is 5.59. The highest BCUT2D eigenvalue weighted by atomic mass is 35.5. The molecule has 0 saturated carbocycles. The number of hydrogen-bond acceptors (Lipinski definition) is 5. The molecule has 1 aliphatic carbocycles. The van der Waals surface area contributed by atoms with Crippen molar-refractivity contribution in [1.29, 1.82) is 0 Å². The van der Waals surface area contributed by atoms with Gasteiger partial charge in [0.2, 0.25) is 5.95 Å². The highest BCUT2D eigenvalue weighted by Gasteiger charge is 2.18. The molecular formula is C23H23ClN4O3. The summed E-state index contributed by atoms with van der Waals surface area (Å²) in [4.78, 5) is 29.6. The van der Waals surface area contributed by atoms with Gasteiger partial charge < -0.3 is 10.4 Å². The monoisotopic (exact) mass is 438 g/mol. The van der Waals surface area contributed by atoms with Crippen molar-refractivity contribution >= 4 is 28.8 Å². The Morgan fingerprint density at radius 1 is 1.10 bits per heavy atom. The largest absolute Gasteiger partial charge is 0.395 e. The van der Waals surface area contributed by atoms with E-state index in [1.165, 1.54) is 21.3 Å². The number of hydrogen-bond donors (Lipinski definition) is 2. The molecule has 4 rings (SSSR count). The molecular weight excluding hydrogens is 416 g/mol. The average molecular weight is 439 g/mol. The molecule has 8 heteroatoms. The van der Waals surface area contributed by atoms with Gasteiger partial charge in [-0.25, -0.2) is 14.2 Å². The predicted octanol–water partition coefficient (Wildman–Crippen LogP) is 3.19. The summed E-state index contributed by atoms with van der Waals surface area (Å²) < 4.78 is 2.32. The second-order valence-corrected chi connectivity index (χ2v) is 8.10. The van der Waals surface area contributed by atoms with Gasteiger partial charge in [-0.1, -0.05) is 35.4 Å². The van der Waals surface area contributed by atoms with Crippen molar-refractivity contribution < 1.29 is 5.11 Å². The quantitative estimate of drug-likeness (QED) is 0.617. The molecule has 7 nitrogen and oxygen atoms in total. The second-order valence-electron chi connectivity index (χ2n) is 7.67. The van der Waals surface area contributed by atoms with E-state index in [0.717, 1.165) is 27.8 Å². The lowest BCUT2D eigenvalue weighted by molar-refractivity contribution is 0.268. The lowest BCUT2D eigenvalue weighted by Gasteiger charge is -2.16. The number of aromatic nitrogens is 3. The molecule has 0 spiro atoms. The van der Waals surface area contributed by atoms with Crippen molar-refractivity contribution in [3.05, 3.63) is 90.7 Å². The number of allylic oxidation sites excluding steroid dienone is 2.